The highest BCUT2D eigenvalue weighted by Crippen LogP contribution is 2.42. The van der Waals surface area contributed by atoms with Crippen molar-refractivity contribution in [3.63, 3.8) is 0 Å². The van der Waals surface area contributed by atoms with E-state index >= 15 is 0 Å². The first-order valence-corrected chi connectivity index (χ1v) is 12.7. The van der Waals surface area contributed by atoms with E-state index in [1.165, 1.54) is 42.1 Å². The Bertz CT molecular complexity index is 1200. The molecule has 4 unspecified atom stereocenters. The molecule has 188 valence electrons. The molecule has 7 nitrogen and oxygen atoms in total. The fraction of sp³-hybridized carbons (Fsp3) is 0.364. The maximum Gasteiger partial charge on any atom is 0.145 e. The van der Waals surface area contributed by atoms with Gasteiger partial charge in [0.25, 0.3) is 0 Å². The second-order valence-corrected chi connectivity index (χ2v) is 10.6. The fourth-order valence-electron chi connectivity index (χ4n) is 3.91. The predicted molar refractivity (Wildman–Crippen MR) is 132 cm³/mol. The third-order valence-corrected chi connectivity index (χ3v) is 8.22. The third-order valence-electron chi connectivity index (χ3n) is 5.57. The van der Waals surface area contributed by atoms with Crippen LogP contribution in [0.3, 0.4) is 0 Å². The summed E-state index contributed by atoms with van der Waals surface area (Å²) in [6, 6.07) is 3.06. The van der Waals surface area contributed by atoms with Crippen LogP contribution in [0.4, 0.5) is 8.78 Å². The number of thioether (sulfide) groups is 1. The number of rotatable bonds is 6. The molecule has 4 rings (SSSR count). The fourth-order valence-corrected chi connectivity index (χ4v) is 5.82. The van der Waals surface area contributed by atoms with Crippen molar-refractivity contribution >= 4 is 50.9 Å². The second kappa shape index (κ2) is 11.0. The lowest BCUT2D eigenvalue weighted by atomic mass is 9.94. The molecule has 13 heteroatoms. The third kappa shape index (κ3) is 5.52. The SMILES string of the molecule is CO[C@H]1C(C(C)O)O[C@H](Sc2cc(Cl)cnc2Br)C(O)C1n1cc(-c2cc(F)c(Cl)c(F)c2)cn1. The van der Waals surface area contributed by atoms with Gasteiger partial charge in [-0.05, 0) is 46.6 Å². The van der Waals surface area contributed by atoms with E-state index < -0.39 is 52.6 Å². The van der Waals surface area contributed by atoms with Crippen molar-refractivity contribution in [2.75, 3.05) is 7.11 Å². The Morgan fingerprint density at radius 2 is 1.89 bits per heavy atom. The highest BCUT2D eigenvalue weighted by atomic mass is 79.9. The zero-order valence-corrected chi connectivity index (χ0v) is 22.2. The smallest absolute Gasteiger partial charge is 0.145 e. The lowest BCUT2D eigenvalue weighted by Crippen LogP contribution is -2.57. The van der Waals surface area contributed by atoms with E-state index in [0.29, 0.717) is 20.1 Å². The van der Waals surface area contributed by atoms with Crippen LogP contribution in [0.15, 0.2) is 46.3 Å². The van der Waals surface area contributed by atoms with Crippen LogP contribution >= 0.6 is 50.9 Å². The van der Waals surface area contributed by atoms with Gasteiger partial charge in [0.05, 0.1) is 17.3 Å². The summed E-state index contributed by atoms with van der Waals surface area (Å²) < 4.78 is 41.6. The van der Waals surface area contributed by atoms with Gasteiger partial charge in [-0.1, -0.05) is 35.0 Å². The number of hydrogen-bond acceptors (Lipinski definition) is 7. The van der Waals surface area contributed by atoms with Gasteiger partial charge >= 0.3 is 0 Å². The number of benzene rings is 1. The highest BCUT2D eigenvalue weighted by molar-refractivity contribution is 9.10. The molecule has 3 aromatic rings. The average Bonchev–Trinajstić information content (AvgIpc) is 3.30. The van der Waals surface area contributed by atoms with Gasteiger partial charge in [-0.3, -0.25) is 4.68 Å². The summed E-state index contributed by atoms with van der Waals surface area (Å²) in [5.74, 6) is -1.80. The first kappa shape index (κ1) is 26.7. The zero-order valence-electron chi connectivity index (χ0n) is 18.3. The maximum atomic E-state index is 14.0. The van der Waals surface area contributed by atoms with Crippen molar-refractivity contribution in [3.05, 3.63) is 63.1 Å². The first-order chi connectivity index (χ1) is 16.6. The van der Waals surface area contributed by atoms with Crippen LogP contribution in [0.2, 0.25) is 10.0 Å². The summed E-state index contributed by atoms with van der Waals surface area (Å²) in [5, 5.41) is 25.9. The molecule has 0 radical (unpaired) electrons. The number of aromatic nitrogens is 3. The highest BCUT2D eigenvalue weighted by Gasteiger charge is 2.49. The molecule has 1 aliphatic rings. The molecule has 0 aliphatic carbocycles. The number of aliphatic hydroxyl groups excluding tert-OH is 2. The molecule has 3 heterocycles. The Morgan fingerprint density at radius 3 is 2.51 bits per heavy atom. The summed E-state index contributed by atoms with van der Waals surface area (Å²) in [7, 11) is 1.43. The quantitative estimate of drug-likeness (QED) is 0.296. The van der Waals surface area contributed by atoms with Crippen molar-refractivity contribution < 1.29 is 28.5 Å². The van der Waals surface area contributed by atoms with Crippen molar-refractivity contribution in [2.45, 2.75) is 47.7 Å². The van der Waals surface area contributed by atoms with E-state index in [0.717, 1.165) is 12.1 Å². The minimum absolute atomic E-state index is 0.220. The normalized spacial score (nSPS) is 25.6. The van der Waals surface area contributed by atoms with Crippen LogP contribution in [-0.2, 0) is 9.47 Å². The Kier molecular flexibility index (Phi) is 8.39. The van der Waals surface area contributed by atoms with Gasteiger partial charge in [-0.2, -0.15) is 5.10 Å². The van der Waals surface area contributed by atoms with Gasteiger partial charge in [0.15, 0.2) is 0 Å². The lowest BCUT2D eigenvalue weighted by molar-refractivity contribution is -0.202. The molecule has 1 aromatic carbocycles. The first-order valence-electron chi connectivity index (χ1n) is 10.3. The number of aliphatic hydroxyl groups is 2. The topological polar surface area (TPSA) is 89.6 Å². The molecular weight excluding hydrogens is 591 g/mol. The monoisotopic (exact) mass is 609 g/mol. The standard InChI is InChI=1S/C22H20BrCl2F2N3O4S/c1-9(31)19-20(33-2)17(18(32)22(34-19)35-15-5-12(24)7-28-21(15)23)30-8-11(6-29-30)10-3-13(26)16(25)14(27)4-10/h3-9,17-20,22,31-32H,1-2H3/t9?,17?,18?,19?,20-,22-/m1/s1. The van der Waals surface area contributed by atoms with Crippen LogP contribution in [-0.4, -0.2) is 61.9 Å². The summed E-state index contributed by atoms with van der Waals surface area (Å²) in [6.45, 7) is 1.55. The Hall–Kier alpha value is -1.31. The van der Waals surface area contributed by atoms with Crippen LogP contribution in [0, 0.1) is 11.6 Å². The van der Waals surface area contributed by atoms with E-state index in [1.54, 1.807) is 13.0 Å². The van der Waals surface area contributed by atoms with E-state index in [-0.39, 0.29) is 5.56 Å². The van der Waals surface area contributed by atoms with Gasteiger partial charge in [0.2, 0.25) is 0 Å². The van der Waals surface area contributed by atoms with Gasteiger partial charge in [0.1, 0.15) is 51.1 Å². The molecule has 2 N–H and O–H groups in total. The molecule has 35 heavy (non-hydrogen) atoms. The second-order valence-electron chi connectivity index (χ2n) is 7.91. The summed E-state index contributed by atoms with van der Waals surface area (Å²) >= 11 is 16.2. The number of hydrogen-bond donors (Lipinski definition) is 2. The summed E-state index contributed by atoms with van der Waals surface area (Å²) in [4.78, 5) is 4.77. The van der Waals surface area contributed by atoms with Crippen LogP contribution < -0.4 is 0 Å². The van der Waals surface area contributed by atoms with E-state index in [9.17, 15) is 19.0 Å². The van der Waals surface area contributed by atoms with Crippen LogP contribution in [0.5, 0.6) is 0 Å². The average molecular weight is 611 g/mol. The predicted octanol–water partition coefficient (Wildman–Crippen LogP) is 5.11. The lowest BCUT2D eigenvalue weighted by Gasteiger charge is -2.45. The van der Waals surface area contributed by atoms with Crippen LogP contribution in [0.25, 0.3) is 11.1 Å². The molecule has 1 fully saturated rings. The molecule has 2 aromatic heterocycles. The summed E-state index contributed by atoms with van der Waals surface area (Å²) in [5.41, 5.74) is -0.244. The largest absolute Gasteiger partial charge is 0.391 e. The Labute approximate surface area is 222 Å². The molecule has 0 saturated carbocycles. The van der Waals surface area contributed by atoms with Gasteiger partial charge in [-0.15, -0.1) is 0 Å². The molecule has 1 aliphatic heterocycles. The molecule has 0 bridgehead atoms. The van der Waals surface area contributed by atoms with Crippen molar-refractivity contribution in [3.8, 4) is 11.1 Å². The number of nitrogens with zero attached hydrogens (tertiary/aromatic N) is 3. The van der Waals surface area contributed by atoms with E-state index in [2.05, 4.69) is 26.0 Å². The minimum Gasteiger partial charge on any atom is -0.391 e. The van der Waals surface area contributed by atoms with Gasteiger partial charge in [0, 0.05) is 30.0 Å². The molecule has 1 saturated heterocycles. The molecule has 0 amide bonds. The zero-order chi connectivity index (χ0) is 25.4. The molecule has 0 spiro atoms. The number of methoxy groups -OCH3 is 1. The summed E-state index contributed by atoms with van der Waals surface area (Å²) in [6.07, 6.45) is 0.679. The van der Waals surface area contributed by atoms with E-state index in [1.807, 2.05) is 0 Å². The minimum atomic E-state index is -1.17. The van der Waals surface area contributed by atoms with Crippen molar-refractivity contribution in [1.29, 1.82) is 0 Å². The van der Waals surface area contributed by atoms with Gasteiger partial charge in [-0.25, -0.2) is 13.8 Å². The van der Waals surface area contributed by atoms with Crippen molar-refractivity contribution in [2.24, 2.45) is 0 Å². The number of halogens is 5. The maximum absolute atomic E-state index is 14.0. The number of ether oxygens (including phenoxy) is 2. The molecular formula is C22H20BrCl2F2N3O4S. The Balaban J connectivity index is 1.70. The Morgan fingerprint density at radius 1 is 1.20 bits per heavy atom. The molecule has 6 atom stereocenters. The van der Waals surface area contributed by atoms with Gasteiger partial charge < -0.3 is 19.7 Å². The van der Waals surface area contributed by atoms with E-state index in [4.69, 9.17) is 32.7 Å². The van der Waals surface area contributed by atoms with Crippen LogP contribution in [0.1, 0.15) is 13.0 Å². The van der Waals surface area contributed by atoms with Crippen molar-refractivity contribution in [1.82, 2.24) is 14.8 Å². The number of pyridine rings is 1.